The molecular weight excluding hydrogens is 436 g/mol. The van der Waals surface area contributed by atoms with Gasteiger partial charge in [-0.3, -0.25) is 4.55 Å². The van der Waals surface area contributed by atoms with E-state index in [0.29, 0.717) is 0 Å². The van der Waals surface area contributed by atoms with Crippen LogP contribution in [-0.4, -0.2) is 125 Å². The second kappa shape index (κ2) is 10.7. The average Bonchev–Trinajstić information content (AvgIpc) is 2.69. The summed E-state index contributed by atoms with van der Waals surface area (Å²) in [6.45, 7) is 1.82. The minimum absolute atomic E-state index is 0.0344. The molecule has 2 saturated heterocycles. The van der Waals surface area contributed by atoms with Crippen molar-refractivity contribution in [3.05, 3.63) is 12.7 Å². The zero-order valence-corrected chi connectivity index (χ0v) is 16.4. The summed E-state index contributed by atoms with van der Waals surface area (Å²) in [4.78, 5) is 0. The molecule has 2 heterocycles. The Balaban J connectivity index is 2.19. The van der Waals surface area contributed by atoms with Gasteiger partial charge in [0.2, 0.25) is 0 Å². The van der Waals surface area contributed by atoms with Gasteiger partial charge in [-0.15, -0.1) is 6.58 Å². The molecule has 2 fully saturated rings. The molecule has 2 rings (SSSR count). The highest BCUT2D eigenvalue weighted by Crippen LogP contribution is 2.30. The van der Waals surface area contributed by atoms with Crippen molar-refractivity contribution in [3.8, 4) is 0 Å². The van der Waals surface area contributed by atoms with E-state index < -0.39 is 85.0 Å². The Morgan fingerprint density at radius 2 is 1.47 bits per heavy atom. The van der Waals surface area contributed by atoms with E-state index in [4.69, 9.17) is 23.5 Å². The predicted molar refractivity (Wildman–Crippen MR) is 93.0 cm³/mol. The molecule has 2 aliphatic rings. The van der Waals surface area contributed by atoms with E-state index in [1.165, 1.54) is 6.08 Å². The van der Waals surface area contributed by atoms with Crippen LogP contribution in [0.2, 0.25) is 0 Å². The first-order chi connectivity index (χ1) is 14.0. The zero-order valence-electron chi connectivity index (χ0n) is 15.6. The summed E-state index contributed by atoms with van der Waals surface area (Å²) in [5.74, 6) is 0. The smallest absolute Gasteiger partial charge is 0.394 e. The molecule has 0 spiro atoms. The van der Waals surface area contributed by atoms with Gasteiger partial charge >= 0.3 is 10.4 Å². The summed E-state index contributed by atoms with van der Waals surface area (Å²) in [6.07, 6.45) is -15.4. The Morgan fingerprint density at radius 3 is 2.00 bits per heavy atom. The lowest BCUT2D eigenvalue weighted by atomic mass is 9.97. The predicted octanol–water partition coefficient (Wildman–Crippen LogP) is -4.36. The van der Waals surface area contributed by atoms with Crippen LogP contribution in [0.4, 0.5) is 0 Å². The molecule has 0 saturated carbocycles. The Morgan fingerprint density at radius 1 is 0.867 bits per heavy atom. The normalized spacial score (nSPS) is 42.8. The summed E-state index contributed by atoms with van der Waals surface area (Å²) in [5, 5.41) is 59.8. The first-order valence-corrected chi connectivity index (χ1v) is 10.2. The number of hydrogen-bond donors (Lipinski definition) is 7. The highest BCUT2D eigenvalue weighted by molar-refractivity contribution is 7.80. The van der Waals surface area contributed by atoms with Gasteiger partial charge in [-0.1, -0.05) is 6.08 Å². The van der Waals surface area contributed by atoms with Crippen molar-refractivity contribution in [2.24, 2.45) is 0 Å². The Hall–Kier alpha value is -0.790. The van der Waals surface area contributed by atoms with E-state index in [1.54, 1.807) is 0 Å². The van der Waals surface area contributed by atoms with Crippen LogP contribution < -0.4 is 0 Å². The van der Waals surface area contributed by atoms with Gasteiger partial charge in [0.05, 0.1) is 19.8 Å². The average molecular weight is 462 g/mol. The second-order valence-corrected chi connectivity index (χ2v) is 7.67. The minimum atomic E-state index is -5.12. The molecule has 2 aliphatic heterocycles. The molecular formula is C15H26O14S. The van der Waals surface area contributed by atoms with Crippen molar-refractivity contribution in [3.63, 3.8) is 0 Å². The third kappa shape index (κ3) is 5.92. The van der Waals surface area contributed by atoms with Crippen molar-refractivity contribution >= 4 is 10.4 Å². The minimum Gasteiger partial charge on any atom is -0.394 e. The molecule has 0 aromatic rings. The fourth-order valence-corrected chi connectivity index (χ4v) is 3.60. The number of aliphatic hydroxyl groups excluding tert-OH is 6. The molecule has 0 radical (unpaired) electrons. The fourth-order valence-electron chi connectivity index (χ4n) is 3.10. The summed E-state index contributed by atoms with van der Waals surface area (Å²) in [6, 6.07) is 0. The van der Waals surface area contributed by atoms with Crippen LogP contribution >= 0.6 is 0 Å². The Bertz CT molecular complexity index is 656. The quantitative estimate of drug-likeness (QED) is 0.127. The van der Waals surface area contributed by atoms with Gasteiger partial charge in [0, 0.05) is 0 Å². The van der Waals surface area contributed by atoms with Crippen LogP contribution in [0.15, 0.2) is 12.7 Å². The standard InChI is InChI=1S/C15H26O14S/c1-2-3-25-14-10(20)9(19)12(7(5-17)27-14)28-15-11(21)13(29-30(22,23)24)8(18)6(4-16)26-15/h2,6-21H,1,3-5H2,(H,22,23,24)/t6-,7-,8+,9-,10-,11-,12-,13+,14-,15+/m1/s1. The lowest BCUT2D eigenvalue weighted by molar-refractivity contribution is -0.357. The summed E-state index contributed by atoms with van der Waals surface area (Å²) in [5.41, 5.74) is 0. The third-order valence-corrected chi connectivity index (χ3v) is 5.01. The molecule has 15 heteroatoms. The highest BCUT2D eigenvalue weighted by atomic mass is 32.3. The molecule has 0 aliphatic carbocycles. The van der Waals surface area contributed by atoms with Crippen molar-refractivity contribution in [2.75, 3.05) is 19.8 Å². The molecule has 0 unspecified atom stereocenters. The van der Waals surface area contributed by atoms with E-state index in [0.717, 1.165) is 0 Å². The zero-order chi connectivity index (χ0) is 22.6. The van der Waals surface area contributed by atoms with E-state index in [2.05, 4.69) is 10.8 Å². The molecule has 0 bridgehead atoms. The van der Waals surface area contributed by atoms with Gasteiger partial charge in [0.25, 0.3) is 0 Å². The largest absolute Gasteiger partial charge is 0.397 e. The first-order valence-electron chi connectivity index (χ1n) is 8.82. The second-order valence-electron chi connectivity index (χ2n) is 6.62. The molecule has 0 amide bonds. The monoisotopic (exact) mass is 462 g/mol. The Labute approximate surface area is 171 Å². The van der Waals surface area contributed by atoms with E-state index >= 15 is 0 Å². The number of aliphatic hydroxyl groups is 6. The number of hydrogen-bond acceptors (Lipinski definition) is 13. The summed E-state index contributed by atoms with van der Waals surface area (Å²) >= 11 is 0. The number of ether oxygens (including phenoxy) is 4. The fraction of sp³-hybridized carbons (Fsp3) is 0.867. The summed E-state index contributed by atoms with van der Waals surface area (Å²) < 4.78 is 56.2. The van der Waals surface area contributed by atoms with Crippen LogP contribution in [0, 0.1) is 0 Å². The van der Waals surface area contributed by atoms with Gasteiger partial charge in [0.1, 0.15) is 48.8 Å². The van der Waals surface area contributed by atoms with Gasteiger partial charge in [-0.05, 0) is 0 Å². The number of rotatable bonds is 9. The molecule has 30 heavy (non-hydrogen) atoms. The molecule has 10 atom stereocenters. The Kier molecular flexibility index (Phi) is 9.07. The highest BCUT2D eigenvalue weighted by Gasteiger charge is 2.52. The van der Waals surface area contributed by atoms with Crippen molar-refractivity contribution in [1.29, 1.82) is 0 Å². The van der Waals surface area contributed by atoms with Gasteiger partial charge in [0.15, 0.2) is 12.6 Å². The van der Waals surface area contributed by atoms with Crippen molar-refractivity contribution in [1.82, 2.24) is 0 Å². The topological polar surface area (TPSA) is 222 Å². The SMILES string of the molecule is C=CCO[C@@H]1O[C@H](CO)[C@@H](O[C@@H]2O[C@H](CO)[C@H](O)[C@H](OS(=O)(=O)O)[C@H]2O)[C@H](O)[C@H]1O. The molecule has 0 aromatic carbocycles. The molecule has 176 valence electrons. The van der Waals surface area contributed by atoms with Crippen LogP contribution in [0.5, 0.6) is 0 Å². The maximum Gasteiger partial charge on any atom is 0.397 e. The van der Waals surface area contributed by atoms with E-state index in [1.807, 2.05) is 0 Å². The van der Waals surface area contributed by atoms with Crippen LogP contribution in [0.25, 0.3) is 0 Å². The van der Waals surface area contributed by atoms with Gasteiger partial charge in [-0.25, -0.2) is 4.18 Å². The van der Waals surface area contributed by atoms with Gasteiger partial charge in [-0.2, -0.15) is 8.42 Å². The van der Waals surface area contributed by atoms with Crippen LogP contribution in [-0.2, 0) is 33.5 Å². The van der Waals surface area contributed by atoms with E-state index in [-0.39, 0.29) is 6.61 Å². The lowest BCUT2D eigenvalue weighted by Gasteiger charge is -2.46. The van der Waals surface area contributed by atoms with Crippen LogP contribution in [0.1, 0.15) is 0 Å². The maximum atomic E-state index is 11.0. The summed E-state index contributed by atoms with van der Waals surface area (Å²) in [7, 11) is -5.12. The first kappa shape index (κ1) is 25.5. The maximum absolute atomic E-state index is 11.0. The van der Waals surface area contributed by atoms with Crippen molar-refractivity contribution < 1.29 is 66.7 Å². The molecule has 7 N–H and O–H groups in total. The van der Waals surface area contributed by atoms with Gasteiger partial charge < -0.3 is 49.6 Å². The lowest BCUT2D eigenvalue weighted by Crippen LogP contribution is -2.65. The molecule has 0 aromatic heterocycles. The molecule has 14 nitrogen and oxygen atoms in total. The third-order valence-electron chi connectivity index (χ3n) is 4.54. The van der Waals surface area contributed by atoms with E-state index in [9.17, 15) is 39.1 Å². The van der Waals surface area contributed by atoms with Crippen molar-refractivity contribution in [2.45, 2.75) is 61.4 Å². The van der Waals surface area contributed by atoms with Crippen LogP contribution in [0.3, 0.4) is 0 Å².